The first-order valence-electron chi connectivity index (χ1n) is 4.06. The lowest BCUT2D eigenvalue weighted by Crippen LogP contribution is -2.18. The first kappa shape index (κ1) is 9.70. The SMILES string of the molecule is CCC(C)/C=C/C(C)NC. The zero-order valence-corrected chi connectivity index (χ0v) is 7.52. The number of hydrogen-bond acceptors (Lipinski definition) is 1. The van der Waals surface area contributed by atoms with Gasteiger partial charge in [0.2, 0.25) is 0 Å². The van der Waals surface area contributed by atoms with E-state index in [0.717, 1.165) is 5.92 Å². The van der Waals surface area contributed by atoms with Crippen LogP contribution >= 0.6 is 0 Å². The molecule has 0 aliphatic rings. The van der Waals surface area contributed by atoms with Gasteiger partial charge in [-0.25, -0.2) is 0 Å². The average Bonchev–Trinajstić information content (AvgIpc) is 1.99. The van der Waals surface area contributed by atoms with Crippen LogP contribution in [-0.4, -0.2) is 13.1 Å². The van der Waals surface area contributed by atoms with Gasteiger partial charge in [0.1, 0.15) is 0 Å². The van der Waals surface area contributed by atoms with Crippen LogP contribution in [0.1, 0.15) is 27.2 Å². The van der Waals surface area contributed by atoms with Gasteiger partial charge in [0.05, 0.1) is 0 Å². The number of rotatable bonds is 4. The highest BCUT2D eigenvalue weighted by Crippen LogP contribution is 2.02. The monoisotopic (exact) mass is 141 g/mol. The molecule has 0 radical (unpaired) electrons. The summed E-state index contributed by atoms with van der Waals surface area (Å²) in [6.45, 7) is 6.59. The highest BCUT2D eigenvalue weighted by molar-refractivity contribution is 4.92. The second kappa shape index (κ2) is 5.48. The van der Waals surface area contributed by atoms with Crippen molar-refractivity contribution in [3.05, 3.63) is 12.2 Å². The average molecular weight is 141 g/mol. The Morgan fingerprint density at radius 1 is 1.30 bits per heavy atom. The third-order valence-corrected chi connectivity index (χ3v) is 1.83. The van der Waals surface area contributed by atoms with Crippen molar-refractivity contribution in [1.82, 2.24) is 5.32 Å². The molecule has 0 saturated heterocycles. The first-order valence-corrected chi connectivity index (χ1v) is 4.06. The molecule has 60 valence electrons. The van der Waals surface area contributed by atoms with Gasteiger partial charge >= 0.3 is 0 Å². The lowest BCUT2D eigenvalue weighted by molar-refractivity contribution is 0.675. The van der Waals surface area contributed by atoms with Crippen molar-refractivity contribution in [2.24, 2.45) is 5.92 Å². The lowest BCUT2D eigenvalue weighted by atomic mass is 10.1. The molecule has 1 heteroatoms. The fourth-order valence-electron chi connectivity index (χ4n) is 0.589. The summed E-state index contributed by atoms with van der Waals surface area (Å²) in [5, 5.41) is 3.16. The van der Waals surface area contributed by atoms with Crippen LogP contribution in [0.2, 0.25) is 0 Å². The van der Waals surface area contributed by atoms with Crippen molar-refractivity contribution >= 4 is 0 Å². The molecule has 1 nitrogen and oxygen atoms in total. The van der Waals surface area contributed by atoms with Gasteiger partial charge in [-0.05, 0) is 19.9 Å². The van der Waals surface area contributed by atoms with E-state index in [1.54, 1.807) is 0 Å². The van der Waals surface area contributed by atoms with Crippen molar-refractivity contribution in [3.8, 4) is 0 Å². The van der Waals surface area contributed by atoms with Gasteiger partial charge in [-0.1, -0.05) is 32.4 Å². The minimum Gasteiger partial charge on any atom is -0.314 e. The Balaban J connectivity index is 3.52. The van der Waals surface area contributed by atoms with Crippen LogP contribution in [0.4, 0.5) is 0 Å². The van der Waals surface area contributed by atoms with Crippen molar-refractivity contribution in [2.75, 3.05) is 7.05 Å². The van der Waals surface area contributed by atoms with Crippen LogP contribution in [0.15, 0.2) is 12.2 Å². The molecule has 0 saturated carbocycles. The standard InChI is InChI=1S/C9H19N/c1-5-8(2)6-7-9(3)10-4/h6-10H,5H2,1-4H3/b7-6+. The van der Waals surface area contributed by atoms with E-state index in [-0.39, 0.29) is 0 Å². The molecule has 0 amide bonds. The fraction of sp³-hybridized carbons (Fsp3) is 0.778. The van der Waals surface area contributed by atoms with Crippen LogP contribution < -0.4 is 5.32 Å². The molecular weight excluding hydrogens is 122 g/mol. The second-order valence-corrected chi connectivity index (χ2v) is 2.85. The fourth-order valence-corrected chi connectivity index (χ4v) is 0.589. The highest BCUT2D eigenvalue weighted by atomic mass is 14.8. The summed E-state index contributed by atoms with van der Waals surface area (Å²) in [5.74, 6) is 0.718. The van der Waals surface area contributed by atoms with Crippen LogP contribution in [0, 0.1) is 5.92 Å². The molecule has 0 rings (SSSR count). The minimum absolute atomic E-state index is 0.508. The molecule has 0 aromatic heterocycles. The van der Waals surface area contributed by atoms with Gasteiger partial charge in [-0.2, -0.15) is 0 Å². The third-order valence-electron chi connectivity index (χ3n) is 1.83. The maximum atomic E-state index is 3.16. The summed E-state index contributed by atoms with van der Waals surface area (Å²) in [5.41, 5.74) is 0. The Hall–Kier alpha value is -0.300. The van der Waals surface area contributed by atoms with Gasteiger partial charge in [0.25, 0.3) is 0 Å². The third kappa shape index (κ3) is 4.57. The molecule has 0 aromatic carbocycles. The van der Waals surface area contributed by atoms with Crippen molar-refractivity contribution in [2.45, 2.75) is 33.2 Å². The predicted molar refractivity (Wildman–Crippen MR) is 47.1 cm³/mol. The molecule has 0 aliphatic heterocycles. The van der Waals surface area contributed by atoms with Crippen molar-refractivity contribution < 1.29 is 0 Å². The number of likely N-dealkylation sites (N-methyl/N-ethyl adjacent to an activating group) is 1. The van der Waals surface area contributed by atoms with E-state index in [9.17, 15) is 0 Å². The Kier molecular flexibility index (Phi) is 5.32. The molecule has 0 bridgehead atoms. The van der Waals surface area contributed by atoms with Gasteiger partial charge in [0, 0.05) is 6.04 Å². The molecule has 10 heavy (non-hydrogen) atoms. The molecule has 0 spiro atoms. The van der Waals surface area contributed by atoms with Crippen LogP contribution in [0.25, 0.3) is 0 Å². The van der Waals surface area contributed by atoms with E-state index < -0.39 is 0 Å². The van der Waals surface area contributed by atoms with E-state index in [4.69, 9.17) is 0 Å². The molecule has 2 atom stereocenters. The van der Waals surface area contributed by atoms with E-state index >= 15 is 0 Å². The van der Waals surface area contributed by atoms with Crippen LogP contribution in [0.5, 0.6) is 0 Å². The minimum atomic E-state index is 0.508. The second-order valence-electron chi connectivity index (χ2n) is 2.85. The lowest BCUT2D eigenvalue weighted by Gasteiger charge is -2.04. The van der Waals surface area contributed by atoms with E-state index in [0.29, 0.717) is 6.04 Å². The first-order chi connectivity index (χ1) is 4.70. The Morgan fingerprint density at radius 3 is 2.30 bits per heavy atom. The molecule has 1 N–H and O–H groups in total. The molecular formula is C9H19N. The molecule has 0 heterocycles. The number of hydrogen-bond donors (Lipinski definition) is 1. The Bertz CT molecular complexity index is 84.9. The van der Waals surface area contributed by atoms with Crippen molar-refractivity contribution in [3.63, 3.8) is 0 Å². The normalized spacial score (nSPS) is 17.6. The molecule has 0 aromatic rings. The zero-order chi connectivity index (χ0) is 7.98. The summed E-state index contributed by atoms with van der Waals surface area (Å²) in [6, 6.07) is 0.508. The van der Waals surface area contributed by atoms with Crippen molar-refractivity contribution in [1.29, 1.82) is 0 Å². The predicted octanol–water partition coefficient (Wildman–Crippen LogP) is 2.20. The maximum Gasteiger partial charge on any atom is 0.0218 e. The van der Waals surface area contributed by atoms with Gasteiger partial charge < -0.3 is 5.32 Å². The largest absolute Gasteiger partial charge is 0.314 e. The zero-order valence-electron chi connectivity index (χ0n) is 7.52. The molecule has 0 aliphatic carbocycles. The summed E-state index contributed by atoms with van der Waals surface area (Å²) < 4.78 is 0. The van der Waals surface area contributed by atoms with E-state index in [1.165, 1.54) is 6.42 Å². The summed E-state index contributed by atoms with van der Waals surface area (Å²) in [4.78, 5) is 0. The highest BCUT2D eigenvalue weighted by Gasteiger charge is 1.92. The van der Waals surface area contributed by atoms with E-state index in [1.807, 2.05) is 7.05 Å². The van der Waals surface area contributed by atoms with E-state index in [2.05, 4.69) is 38.2 Å². The van der Waals surface area contributed by atoms with Crippen LogP contribution in [0.3, 0.4) is 0 Å². The number of nitrogens with one attached hydrogen (secondary N) is 1. The number of allylic oxidation sites excluding steroid dienone is 1. The smallest absolute Gasteiger partial charge is 0.0218 e. The molecule has 0 fully saturated rings. The van der Waals surface area contributed by atoms with Gasteiger partial charge in [-0.15, -0.1) is 0 Å². The van der Waals surface area contributed by atoms with Gasteiger partial charge in [-0.3, -0.25) is 0 Å². The topological polar surface area (TPSA) is 12.0 Å². The summed E-state index contributed by atoms with van der Waals surface area (Å²) in [7, 11) is 1.98. The maximum absolute atomic E-state index is 3.16. The Morgan fingerprint density at radius 2 is 1.90 bits per heavy atom. The summed E-state index contributed by atoms with van der Waals surface area (Å²) in [6.07, 6.45) is 5.71. The summed E-state index contributed by atoms with van der Waals surface area (Å²) >= 11 is 0. The van der Waals surface area contributed by atoms with Gasteiger partial charge in [0.15, 0.2) is 0 Å². The Labute approximate surface area is 64.5 Å². The quantitative estimate of drug-likeness (QED) is 0.592. The molecule has 2 unspecified atom stereocenters. The van der Waals surface area contributed by atoms with Crippen LogP contribution in [-0.2, 0) is 0 Å².